The second kappa shape index (κ2) is 6.15. The van der Waals surface area contributed by atoms with Crippen molar-refractivity contribution < 1.29 is 4.79 Å². The monoisotopic (exact) mass is 319 g/mol. The standard InChI is InChI=1S/C17H29N5O/c1-17(2)6-4-12(5-7-17)20-16(23)22-8-13(14(18)9-22)15-10-21(3)11-19-15/h10-14H,4-9,18H2,1-3H3,(H,20,23)/t13-,14-/m1/s1. The lowest BCUT2D eigenvalue weighted by Crippen LogP contribution is -2.46. The molecule has 128 valence electrons. The highest BCUT2D eigenvalue weighted by Crippen LogP contribution is 2.35. The Bertz CT molecular complexity index is 557. The fourth-order valence-electron chi connectivity index (χ4n) is 3.74. The number of rotatable bonds is 2. The summed E-state index contributed by atoms with van der Waals surface area (Å²) < 4.78 is 1.93. The number of hydrogen-bond donors (Lipinski definition) is 2. The number of urea groups is 1. The quantitative estimate of drug-likeness (QED) is 0.873. The van der Waals surface area contributed by atoms with E-state index < -0.39 is 0 Å². The van der Waals surface area contributed by atoms with Crippen molar-refractivity contribution in [3.05, 3.63) is 18.2 Å². The first-order chi connectivity index (χ1) is 10.8. The lowest BCUT2D eigenvalue weighted by atomic mass is 9.76. The van der Waals surface area contributed by atoms with Crippen LogP contribution in [0.2, 0.25) is 0 Å². The average Bonchev–Trinajstić information content (AvgIpc) is 3.07. The van der Waals surface area contributed by atoms with E-state index in [-0.39, 0.29) is 18.0 Å². The van der Waals surface area contributed by atoms with Crippen LogP contribution in [0.5, 0.6) is 0 Å². The minimum absolute atomic E-state index is 0.0311. The van der Waals surface area contributed by atoms with Crippen LogP contribution in [0.15, 0.2) is 12.5 Å². The average molecular weight is 319 g/mol. The zero-order valence-corrected chi connectivity index (χ0v) is 14.5. The molecule has 1 aliphatic heterocycles. The second-order valence-corrected chi connectivity index (χ2v) is 8.03. The van der Waals surface area contributed by atoms with E-state index in [0.29, 0.717) is 24.5 Å². The molecular formula is C17H29N5O. The molecule has 0 bridgehead atoms. The number of carbonyl (C=O) groups is 1. The van der Waals surface area contributed by atoms with Crippen LogP contribution in [0, 0.1) is 5.41 Å². The molecule has 1 saturated heterocycles. The van der Waals surface area contributed by atoms with Gasteiger partial charge in [0, 0.05) is 44.3 Å². The molecular weight excluding hydrogens is 290 g/mol. The lowest BCUT2D eigenvalue weighted by molar-refractivity contribution is 0.179. The lowest BCUT2D eigenvalue weighted by Gasteiger charge is -2.35. The zero-order chi connectivity index (χ0) is 16.6. The molecule has 0 radical (unpaired) electrons. The number of nitrogens with zero attached hydrogens (tertiary/aromatic N) is 3. The van der Waals surface area contributed by atoms with Gasteiger partial charge in [0.05, 0.1) is 12.0 Å². The SMILES string of the molecule is Cn1cnc([C@@H]2CN(C(=O)NC3CCC(C)(C)CC3)C[C@H]2N)c1. The summed E-state index contributed by atoms with van der Waals surface area (Å²) in [5.74, 6) is 0.132. The van der Waals surface area contributed by atoms with E-state index >= 15 is 0 Å². The molecule has 1 aliphatic carbocycles. The van der Waals surface area contributed by atoms with Crippen LogP contribution in [-0.4, -0.2) is 45.7 Å². The van der Waals surface area contributed by atoms with E-state index in [1.54, 1.807) is 6.33 Å². The van der Waals surface area contributed by atoms with Crippen LogP contribution >= 0.6 is 0 Å². The summed E-state index contributed by atoms with van der Waals surface area (Å²) in [5.41, 5.74) is 7.65. The Balaban J connectivity index is 1.55. The van der Waals surface area contributed by atoms with Crippen molar-refractivity contribution in [2.75, 3.05) is 13.1 Å². The molecule has 2 heterocycles. The Morgan fingerprint density at radius 3 is 2.65 bits per heavy atom. The van der Waals surface area contributed by atoms with Gasteiger partial charge in [-0.05, 0) is 31.1 Å². The van der Waals surface area contributed by atoms with E-state index in [9.17, 15) is 4.79 Å². The van der Waals surface area contributed by atoms with Crippen molar-refractivity contribution in [3.8, 4) is 0 Å². The Morgan fingerprint density at radius 1 is 1.35 bits per heavy atom. The van der Waals surface area contributed by atoms with Crippen LogP contribution < -0.4 is 11.1 Å². The second-order valence-electron chi connectivity index (χ2n) is 8.03. The molecule has 3 N–H and O–H groups in total. The molecule has 6 heteroatoms. The van der Waals surface area contributed by atoms with Gasteiger partial charge in [0.15, 0.2) is 0 Å². The number of hydrogen-bond acceptors (Lipinski definition) is 3. The van der Waals surface area contributed by atoms with Crippen LogP contribution in [0.25, 0.3) is 0 Å². The van der Waals surface area contributed by atoms with Crippen molar-refractivity contribution in [1.29, 1.82) is 0 Å². The van der Waals surface area contributed by atoms with E-state index in [2.05, 4.69) is 24.1 Å². The summed E-state index contributed by atoms with van der Waals surface area (Å²) in [4.78, 5) is 18.8. The fraction of sp³-hybridized carbons (Fsp3) is 0.765. The third kappa shape index (κ3) is 3.68. The van der Waals surface area contributed by atoms with Crippen LogP contribution in [0.4, 0.5) is 4.79 Å². The summed E-state index contributed by atoms with van der Waals surface area (Å²) in [6.07, 6.45) is 8.27. The summed E-state index contributed by atoms with van der Waals surface area (Å²) in [6, 6.07) is 0.296. The molecule has 3 rings (SSSR count). The smallest absolute Gasteiger partial charge is 0.317 e. The van der Waals surface area contributed by atoms with E-state index in [1.807, 2.05) is 22.7 Å². The van der Waals surface area contributed by atoms with Gasteiger partial charge in [-0.1, -0.05) is 13.8 Å². The van der Waals surface area contributed by atoms with Crippen LogP contribution in [0.3, 0.4) is 0 Å². The van der Waals surface area contributed by atoms with Gasteiger partial charge in [-0.3, -0.25) is 0 Å². The van der Waals surface area contributed by atoms with Crippen LogP contribution in [0.1, 0.15) is 51.1 Å². The molecule has 2 aliphatic rings. The Morgan fingerprint density at radius 2 is 2.04 bits per heavy atom. The molecule has 23 heavy (non-hydrogen) atoms. The van der Waals surface area contributed by atoms with Gasteiger partial charge in [-0.15, -0.1) is 0 Å². The minimum Gasteiger partial charge on any atom is -0.340 e. The van der Waals surface area contributed by atoms with Gasteiger partial charge in [0.1, 0.15) is 0 Å². The maximum Gasteiger partial charge on any atom is 0.317 e. The summed E-state index contributed by atoms with van der Waals surface area (Å²) >= 11 is 0. The molecule has 6 nitrogen and oxygen atoms in total. The predicted molar refractivity (Wildman–Crippen MR) is 90.1 cm³/mol. The first-order valence-corrected chi connectivity index (χ1v) is 8.63. The van der Waals surface area contributed by atoms with Crippen molar-refractivity contribution in [1.82, 2.24) is 19.8 Å². The highest BCUT2D eigenvalue weighted by atomic mass is 16.2. The van der Waals surface area contributed by atoms with Gasteiger partial charge in [-0.25, -0.2) is 9.78 Å². The van der Waals surface area contributed by atoms with Gasteiger partial charge >= 0.3 is 6.03 Å². The highest BCUT2D eigenvalue weighted by molar-refractivity contribution is 5.75. The molecule has 2 amide bonds. The molecule has 1 saturated carbocycles. The minimum atomic E-state index is -0.0408. The maximum atomic E-state index is 12.5. The number of aryl methyl sites for hydroxylation is 1. The largest absolute Gasteiger partial charge is 0.340 e. The molecule has 0 spiro atoms. The predicted octanol–water partition coefficient (Wildman–Crippen LogP) is 1.82. The highest BCUT2D eigenvalue weighted by Gasteiger charge is 2.36. The molecule has 1 aromatic heterocycles. The summed E-state index contributed by atoms with van der Waals surface area (Å²) in [6.45, 7) is 5.87. The number of carbonyl (C=O) groups excluding carboxylic acids is 1. The van der Waals surface area contributed by atoms with E-state index in [1.165, 1.54) is 12.8 Å². The number of imidazole rings is 1. The third-order valence-corrected chi connectivity index (χ3v) is 5.42. The number of amides is 2. The first kappa shape index (κ1) is 16.3. The molecule has 0 aromatic carbocycles. The van der Waals surface area contributed by atoms with Crippen LogP contribution in [-0.2, 0) is 7.05 Å². The molecule has 0 unspecified atom stereocenters. The summed E-state index contributed by atoms with van der Waals surface area (Å²) in [5, 5.41) is 3.20. The Hall–Kier alpha value is -1.56. The van der Waals surface area contributed by atoms with Gasteiger partial charge < -0.3 is 20.5 Å². The third-order valence-electron chi connectivity index (χ3n) is 5.42. The Labute approximate surface area is 138 Å². The number of nitrogens with one attached hydrogen (secondary N) is 1. The zero-order valence-electron chi connectivity index (χ0n) is 14.5. The van der Waals surface area contributed by atoms with Crippen molar-refractivity contribution in [3.63, 3.8) is 0 Å². The van der Waals surface area contributed by atoms with E-state index in [4.69, 9.17) is 5.73 Å². The molecule has 2 fully saturated rings. The van der Waals surface area contributed by atoms with E-state index in [0.717, 1.165) is 18.5 Å². The van der Waals surface area contributed by atoms with Gasteiger partial charge in [-0.2, -0.15) is 0 Å². The Kier molecular flexibility index (Phi) is 4.36. The van der Waals surface area contributed by atoms with Crippen molar-refractivity contribution in [2.24, 2.45) is 18.2 Å². The summed E-state index contributed by atoms with van der Waals surface area (Å²) in [7, 11) is 1.95. The fourth-order valence-corrected chi connectivity index (χ4v) is 3.74. The van der Waals surface area contributed by atoms with Gasteiger partial charge in [0.2, 0.25) is 0 Å². The van der Waals surface area contributed by atoms with Crippen molar-refractivity contribution in [2.45, 2.75) is 57.5 Å². The molecule has 1 aromatic rings. The van der Waals surface area contributed by atoms with Crippen molar-refractivity contribution >= 4 is 6.03 Å². The topological polar surface area (TPSA) is 76.2 Å². The number of aromatic nitrogens is 2. The maximum absolute atomic E-state index is 12.5. The molecule has 2 atom stereocenters. The first-order valence-electron chi connectivity index (χ1n) is 8.63. The van der Waals surface area contributed by atoms with Gasteiger partial charge in [0.25, 0.3) is 0 Å². The number of nitrogens with two attached hydrogens (primary N) is 1. The number of likely N-dealkylation sites (tertiary alicyclic amines) is 1. The normalized spacial score (nSPS) is 28.1.